The number of rotatable bonds is 6. The average molecular weight is 451 g/mol. The fourth-order valence-electron chi connectivity index (χ4n) is 3.27. The van der Waals surface area contributed by atoms with Gasteiger partial charge in [-0.05, 0) is 49.2 Å². The second-order valence-electron chi connectivity index (χ2n) is 6.84. The smallest absolute Gasteiger partial charge is 0.258 e. The quantitative estimate of drug-likeness (QED) is 0.379. The van der Waals surface area contributed by atoms with Crippen LogP contribution >= 0.6 is 23.4 Å². The minimum atomic E-state index is -4.01. The molecule has 3 rings (SSSR count). The largest absolute Gasteiger partial charge is 0.284 e. The van der Waals surface area contributed by atoms with Gasteiger partial charge in [0.05, 0.1) is 20.3 Å². The van der Waals surface area contributed by atoms with Crippen LogP contribution < -0.4 is 4.72 Å². The van der Waals surface area contributed by atoms with Gasteiger partial charge in [0, 0.05) is 16.0 Å². The van der Waals surface area contributed by atoms with Crippen molar-refractivity contribution in [1.82, 2.24) is 4.72 Å². The van der Waals surface area contributed by atoms with Crippen LogP contribution in [0.5, 0.6) is 0 Å². The molecule has 0 aliphatic heterocycles. The van der Waals surface area contributed by atoms with Crippen LogP contribution in [0.1, 0.15) is 32.1 Å². The lowest BCUT2D eigenvalue weighted by molar-refractivity contribution is -0.388. The Morgan fingerprint density at radius 1 is 1.14 bits per heavy atom. The van der Waals surface area contributed by atoms with Crippen molar-refractivity contribution in [3.63, 3.8) is 0 Å². The number of hydrogen-bond donors (Lipinski definition) is 1. The van der Waals surface area contributed by atoms with Crippen LogP contribution in [0.4, 0.5) is 5.69 Å². The molecule has 0 aromatic heterocycles. The van der Waals surface area contributed by atoms with Crippen molar-refractivity contribution in [2.45, 2.75) is 52.3 Å². The van der Waals surface area contributed by atoms with E-state index in [1.54, 1.807) is 24.3 Å². The van der Waals surface area contributed by atoms with Gasteiger partial charge in [0.25, 0.3) is 5.69 Å². The summed E-state index contributed by atoms with van der Waals surface area (Å²) >= 11 is 7.03. The number of halogens is 1. The monoisotopic (exact) mass is 450 g/mol. The number of benzene rings is 2. The highest BCUT2D eigenvalue weighted by atomic mass is 35.5. The molecular weight excluding hydrogens is 432 g/mol. The van der Waals surface area contributed by atoms with Gasteiger partial charge in [-0.15, -0.1) is 6.42 Å². The number of nitrogens with one attached hydrogen (secondary N) is 1. The lowest BCUT2D eigenvalue weighted by Gasteiger charge is -2.32. The third-order valence-corrected chi connectivity index (χ3v) is 7.65. The highest BCUT2D eigenvalue weighted by molar-refractivity contribution is 7.99. The first kappa shape index (κ1) is 21.7. The molecule has 0 heterocycles. The fraction of sp³-hybridized carbons (Fsp3) is 0.300. The van der Waals surface area contributed by atoms with Gasteiger partial charge in [-0.3, -0.25) is 10.1 Å². The van der Waals surface area contributed by atoms with Crippen LogP contribution in [0.15, 0.2) is 57.2 Å². The molecule has 152 valence electrons. The standard InChI is InChI=1S/C20H19ClN2O4S2/c1-2-20(12-4-3-5-13-20)22-29(26,27)17-10-11-19(18(14-17)23(24)25)28-16-8-6-15(21)7-9-16/h1,6-11,14,22H,3-5,12-13H2. The Bertz CT molecular complexity index is 1060. The highest BCUT2D eigenvalue weighted by Gasteiger charge is 2.35. The molecule has 0 radical (unpaired) electrons. The Balaban J connectivity index is 1.91. The molecule has 1 aliphatic rings. The van der Waals surface area contributed by atoms with Gasteiger partial charge in [0.15, 0.2) is 0 Å². The normalized spacial score (nSPS) is 16.1. The molecule has 9 heteroatoms. The zero-order valence-corrected chi connectivity index (χ0v) is 17.8. The van der Waals surface area contributed by atoms with Gasteiger partial charge in [-0.1, -0.05) is 48.5 Å². The van der Waals surface area contributed by atoms with Crippen LogP contribution in [-0.4, -0.2) is 18.9 Å². The molecule has 0 spiro atoms. The van der Waals surface area contributed by atoms with E-state index in [0.717, 1.165) is 42.0 Å². The third-order valence-electron chi connectivity index (χ3n) is 4.79. The second-order valence-corrected chi connectivity index (χ2v) is 10.1. The zero-order valence-electron chi connectivity index (χ0n) is 15.4. The van der Waals surface area contributed by atoms with Crippen molar-refractivity contribution in [2.24, 2.45) is 0 Å². The maximum atomic E-state index is 12.9. The molecule has 0 amide bonds. The second kappa shape index (κ2) is 8.76. The summed E-state index contributed by atoms with van der Waals surface area (Å²) in [6.45, 7) is 0. The molecule has 1 aliphatic carbocycles. The first-order valence-corrected chi connectivity index (χ1v) is 11.7. The molecule has 2 aromatic carbocycles. The van der Waals surface area contributed by atoms with Crippen molar-refractivity contribution < 1.29 is 13.3 Å². The topological polar surface area (TPSA) is 89.3 Å². The van der Waals surface area contributed by atoms with Crippen molar-refractivity contribution >= 4 is 39.1 Å². The van der Waals surface area contributed by atoms with Crippen molar-refractivity contribution in [2.75, 3.05) is 0 Å². The molecule has 6 nitrogen and oxygen atoms in total. The van der Waals surface area contributed by atoms with Crippen LogP contribution in [0, 0.1) is 22.5 Å². The van der Waals surface area contributed by atoms with E-state index in [-0.39, 0.29) is 10.6 Å². The van der Waals surface area contributed by atoms with E-state index in [2.05, 4.69) is 10.6 Å². The van der Waals surface area contributed by atoms with Gasteiger partial charge in [-0.25, -0.2) is 8.42 Å². The minimum absolute atomic E-state index is 0.176. The van der Waals surface area contributed by atoms with E-state index in [9.17, 15) is 18.5 Å². The number of nitrogens with zero attached hydrogens (tertiary/aromatic N) is 1. The lowest BCUT2D eigenvalue weighted by atomic mass is 9.83. The van der Waals surface area contributed by atoms with Gasteiger partial charge in [-0.2, -0.15) is 4.72 Å². The molecule has 0 atom stereocenters. The summed E-state index contributed by atoms with van der Waals surface area (Å²) in [5, 5.41) is 12.1. The lowest BCUT2D eigenvalue weighted by Crippen LogP contribution is -2.48. The average Bonchev–Trinajstić information content (AvgIpc) is 2.70. The van der Waals surface area contributed by atoms with Gasteiger partial charge >= 0.3 is 0 Å². The van der Waals surface area contributed by atoms with E-state index in [0.29, 0.717) is 22.8 Å². The van der Waals surface area contributed by atoms with Crippen molar-refractivity contribution in [3.05, 3.63) is 57.6 Å². The first-order chi connectivity index (χ1) is 13.7. The Hall–Kier alpha value is -2.05. The molecule has 0 saturated heterocycles. The van der Waals surface area contributed by atoms with E-state index in [1.807, 2.05) is 0 Å². The third kappa shape index (κ3) is 5.11. The molecule has 2 aromatic rings. The van der Waals surface area contributed by atoms with Crippen molar-refractivity contribution in [3.8, 4) is 12.3 Å². The SMILES string of the molecule is C#CC1(NS(=O)(=O)c2ccc(Sc3ccc(Cl)cc3)c([N+](=O)[O-])c2)CCCCC1. The Morgan fingerprint density at radius 3 is 2.38 bits per heavy atom. The number of nitro benzene ring substituents is 1. The van der Waals surface area contributed by atoms with E-state index >= 15 is 0 Å². The minimum Gasteiger partial charge on any atom is -0.258 e. The molecular formula is C20H19ClN2O4S2. The van der Waals surface area contributed by atoms with Crippen molar-refractivity contribution in [1.29, 1.82) is 0 Å². The summed E-state index contributed by atoms with van der Waals surface area (Å²) in [7, 11) is -4.01. The predicted molar refractivity (Wildman–Crippen MR) is 114 cm³/mol. The Morgan fingerprint density at radius 2 is 1.79 bits per heavy atom. The molecule has 1 saturated carbocycles. The molecule has 1 N–H and O–H groups in total. The highest BCUT2D eigenvalue weighted by Crippen LogP contribution is 2.37. The number of nitro groups is 1. The van der Waals surface area contributed by atoms with E-state index in [1.165, 1.54) is 12.1 Å². The summed E-state index contributed by atoms with van der Waals surface area (Å²) in [6, 6.07) is 10.7. The summed E-state index contributed by atoms with van der Waals surface area (Å²) in [5.41, 5.74) is -1.23. The van der Waals surface area contributed by atoms with Gasteiger partial charge in [0.2, 0.25) is 10.0 Å². The summed E-state index contributed by atoms with van der Waals surface area (Å²) in [5.74, 6) is 2.59. The first-order valence-electron chi connectivity index (χ1n) is 8.98. The summed E-state index contributed by atoms with van der Waals surface area (Å²) < 4.78 is 28.4. The van der Waals surface area contributed by atoms with Gasteiger partial charge in [0.1, 0.15) is 0 Å². The van der Waals surface area contributed by atoms with E-state index in [4.69, 9.17) is 18.0 Å². The van der Waals surface area contributed by atoms with Crippen LogP contribution in [0.3, 0.4) is 0 Å². The van der Waals surface area contributed by atoms with Crippen LogP contribution in [-0.2, 0) is 10.0 Å². The molecule has 0 unspecified atom stereocenters. The Kier molecular flexibility index (Phi) is 6.54. The maximum absolute atomic E-state index is 12.9. The van der Waals surface area contributed by atoms with Crippen LogP contribution in [0.25, 0.3) is 0 Å². The maximum Gasteiger partial charge on any atom is 0.284 e. The fourth-order valence-corrected chi connectivity index (χ4v) is 5.71. The number of hydrogen-bond acceptors (Lipinski definition) is 5. The number of sulfonamides is 1. The summed E-state index contributed by atoms with van der Waals surface area (Å²) in [4.78, 5) is 11.9. The van der Waals surface area contributed by atoms with Crippen LogP contribution in [0.2, 0.25) is 5.02 Å². The number of terminal acetylenes is 1. The Labute approximate surface area is 179 Å². The molecule has 1 fully saturated rings. The van der Waals surface area contributed by atoms with Gasteiger partial charge < -0.3 is 0 Å². The molecule has 29 heavy (non-hydrogen) atoms. The summed E-state index contributed by atoms with van der Waals surface area (Å²) in [6.07, 6.45) is 9.41. The molecule has 0 bridgehead atoms. The van der Waals surface area contributed by atoms with E-state index < -0.39 is 20.5 Å². The zero-order chi connectivity index (χ0) is 21.1. The predicted octanol–water partition coefficient (Wildman–Crippen LogP) is 5.01.